The molecule has 5 nitrogen and oxygen atoms in total. The quantitative estimate of drug-likeness (QED) is 0.919. The number of hydrogen-bond acceptors (Lipinski definition) is 4. The van der Waals surface area contributed by atoms with Crippen LogP contribution in [0.1, 0.15) is 12.8 Å². The summed E-state index contributed by atoms with van der Waals surface area (Å²) < 4.78 is 5.47. The molecule has 1 N–H and O–H groups in total. The summed E-state index contributed by atoms with van der Waals surface area (Å²) in [7, 11) is 0. The van der Waals surface area contributed by atoms with Crippen molar-refractivity contribution in [1.29, 1.82) is 0 Å². The van der Waals surface area contributed by atoms with Gasteiger partial charge in [0.2, 0.25) is 17.7 Å². The van der Waals surface area contributed by atoms with E-state index in [9.17, 15) is 4.79 Å². The molecule has 0 bridgehead atoms. The Morgan fingerprint density at radius 1 is 1.33 bits per heavy atom. The summed E-state index contributed by atoms with van der Waals surface area (Å²) in [6.45, 7) is 1.95. The highest BCUT2D eigenvalue weighted by atomic mass is 35.5. The minimum Gasteiger partial charge on any atom is -0.421 e. The number of nitrogens with one attached hydrogen (secondary N) is 1. The number of rotatable bonds is 4. The van der Waals surface area contributed by atoms with Gasteiger partial charge in [0, 0.05) is 30.5 Å². The third-order valence-corrected chi connectivity index (χ3v) is 2.52. The molecule has 2 rings (SSSR count). The average Bonchev–Trinajstić information content (AvgIpc) is 2.78. The molecule has 2 aromatic rings. The van der Waals surface area contributed by atoms with E-state index < -0.39 is 0 Å². The lowest BCUT2D eigenvalue weighted by molar-refractivity contribution is -0.118. The van der Waals surface area contributed by atoms with Gasteiger partial charge in [-0.2, -0.15) is 0 Å². The zero-order chi connectivity index (χ0) is 13.0. The Bertz CT molecular complexity index is 537. The van der Waals surface area contributed by atoms with Crippen LogP contribution < -0.4 is 5.32 Å². The lowest BCUT2D eigenvalue weighted by Gasteiger charge is -1.97. The fourth-order valence-corrected chi connectivity index (χ4v) is 1.54. The van der Waals surface area contributed by atoms with Gasteiger partial charge in [-0.15, -0.1) is 10.2 Å². The molecule has 1 heterocycles. The van der Waals surface area contributed by atoms with Crippen molar-refractivity contribution in [2.75, 3.05) is 6.54 Å². The van der Waals surface area contributed by atoms with E-state index in [2.05, 4.69) is 15.5 Å². The lowest BCUT2D eigenvalue weighted by atomic mass is 10.2. The van der Waals surface area contributed by atoms with Gasteiger partial charge in [0.1, 0.15) is 0 Å². The molecule has 0 saturated carbocycles. The maximum Gasteiger partial charge on any atom is 0.247 e. The second-order valence-electron chi connectivity index (χ2n) is 3.74. The number of hydrogen-bond donors (Lipinski definition) is 1. The summed E-state index contributed by atoms with van der Waals surface area (Å²) in [6, 6.07) is 7.15. The van der Waals surface area contributed by atoms with Gasteiger partial charge >= 0.3 is 0 Å². The lowest BCUT2D eigenvalue weighted by Crippen LogP contribution is -2.22. The highest BCUT2D eigenvalue weighted by molar-refractivity contribution is 6.30. The van der Waals surface area contributed by atoms with Crippen molar-refractivity contribution in [3.8, 4) is 11.5 Å². The summed E-state index contributed by atoms with van der Waals surface area (Å²) in [4.78, 5) is 10.7. The van der Waals surface area contributed by atoms with Gasteiger partial charge in [0.05, 0.1) is 0 Å². The molecule has 0 saturated heterocycles. The first-order chi connectivity index (χ1) is 8.65. The van der Waals surface area contributed by atoms with Crippen LogP contribution in [0.25, 0.3) is 11.5 Å². The van der Waals surface area contributed by atoms with Crippen LogP contribution in [0.2, 0.25) is 5.02 Å². The van der Waals surface area contributed by atoms with Gasteiger partial charge in [0.25, 0.3) is 0 Å². The molecule has 0 spiro atoms. The minimum atomic E-state index is -0.0764. The molecule has 0 radical (unpaired) electrons. The Labute approximate surface area is 109 Å². The van der Waals surface area contributed by atoms with Crippen LogP contribution in [0.15, 0.2) is 28.7 Å². The first-order valence-corrected chi connectivity index (χ1v) is 5.86. The maximum absolute atomic E-state index is 10.7. The van der Waals surface area contributed by atoms with Gasteiger partial charge in [-0.05, 0) is 24.3 Å². The number of carbonyl (C=O) groups is 1. The molecule has 0 atom stereocenters. The predicted molar refractivity (Wildman–Crippen MR) is 67.1 cm³/mol. The highest BCUT2D eigenvalue weighted by Gasteiger charge is 2.08. The fraction of sp³-hybridized carbons (Fsp3) is 0.250. The van der Waals surface area contributed by atoms with Crippen LogP contribution in [0.4, 0.5) is 0 Å². The minimum absolute atomic E-state index is 0.0764. The van der Waals surface area contributed by atoms with Crippen LogP contribution in [0, 0.1) is 0 Å². The molecule has 1 amide bonds. The summed E-state index contributed by atoms with van der Waals surface area (Å²) in [5.41, 5.74) is 0.817. The van der Waals surface area contributed by atoms with E-state index in [4.69, 9.17) is 16.0 Å². The molecule has 0 fully saturated rings. The first kappa shape index (κ1) is 12.6. The van der Waals surface area contributed by atoms with Gasteiger partial charge in [-0.3, -0.25) is 4.79 Å². The molecule has 18 heavy (non-hydrogen) atoms. The van der Waals surface area contributed by atoms with Crippen molar-refractivity contribution in [2.45, 2.75) is 13.3 Å². The van der Waals surface area contributed by atoms with Crippen LogP contribution in [0.3, 0.4) is 0 Å². The molecule has 0 aliphatic rings. The average molecular weight is 266 g/mol. The third-order valence-electron chi connectivity index (χ3n) is 2.27. The van der Waals surface area contributed by atoms with E-state index in [1.54, 1.807) is 12.1 Å². The van der Waals surface area contributed by atoms with Gasteiger partial charge in [-0.1, -0.05) is 11.6 Å². The molecule has 6 heteroatoms. The molecule has 1 aromatic heterocycles. The Morgan fingerprint density at radius 3 is 2.72 bits per heavy atom. The standard InChI is InChI=1S/C12H12ClN3O2/c1-8(17)14-7-6-11-15-16-12(18-11)9-2-4-10(13)5-3-9/h2-5H,6-7H2,1H3,(H,14,17). The smallest absolute Gasteiger partial charge is 0.247 e. The Balaban J connectivity index is 2.01. The largest absolute Gasteiger partial charge is 0.421 e. The highest BCUT2D eigenvalue weighted by Crippen LogP contribution is 2.20. The van der Waals surface area contributed by atoms with E-state index in [1.807, 2.05) is 12.1 Å². The van der Waals surface area contributed by atoms with Crippen molar-refractivity contribution < 1.29 is 9.21 Å². The predicted octanol–water partition coefficient (Wildman–Crippen LogP) is 2.07. The maximum atomic E-state index is 10.7. The number of nitrogens with zero attached hydrogens (tertiary/aromatic N) is 2. The molecule has 0 aliphatic carbocycles. The number of aromatic nitrogens is 2. The number of benzene rings is 1. The van der Waals surface area contributed by atoms with E-state index in [0.717, 1.165) is 5.56 Å². The van der Waals surface area contributed by atoms with Gasteiger partial charge < -0.3 is 9.73 Å². The number of amides is 1. The van der Waals surface area contributed by atoms with Crippen LogP contribution in [-0.4, -0.2) is 22.6 Å². The molecular weight excluding hydrogens is 254 g/mol. The monoisotopic (exact) mass is 265 g/mol. The second-order valence-corrected chi connectivity index (χ2v) is 4.18. The Kier molecular flexibility index (Phi) is 3.94. The summed E-state index contributed by atoms with van der Waals surface area (Å²) >= 11 is 5.80. The van der Waals surface area contributed by atoms with Crippen LogP contribution in [-0.2, 0) is 11.2 Å². The summed E-state index contributed by atoms with van der Waals surface area (Å²) in [5.74, 6) is 0.866. The summed E-state index contributed by atoms with van der Waals surface area (Å²) in [6.07, 6.45) is 0.514. The SMILES string of the molecule is CC(=O)NCCc1nnc(-c2ccc(Cl)cc2)o1. The zero-order valence-electron chi connectivity index (χ0n) is 9.81. The van der Waals surface area contributed by atoms with E-state index in [1.165, 1.54) is 6.92 Å². The zero-order valence-corrected chi connectivity index (χ0v) is 10.6. The van der Waals surface area contributed by atoms with E-state index in [-0.39, 0.29) is 5.91 Å². The van der Waals surface area contributed by atoms with Crippen molar-refractivity contribution in [1.82, 2.24) is 15.5 Å². The van der Waals surface area contributed by atoms with Gasteiger partial charge in [0.15, 0.2) is 0 Å². The number of carbonyl (C=O) groups excluding carboxylic acids is 1. The number of halogens is 1. The Morgan fingerprint density at radius 2 is 2.06 bits per heavy atom. The summed E-state index contributed by atoms with van der Waals surface area (Å²) in [5, 5.41) is 11.2. The topological polar surface area (TPSA) is 68.0 Å². The first-order valence-electron chi connectivity index (χ1n) is 5.48. The van der Waals surface area contributed by atoms with Crippen molar-refractivity contribution in [2.24, 2.45) is 0 Å². The van der Waals surface area contributed by atoms with E-state index in [0.29, 0.717) is 29.8 Å². The molecule has 0 unspecified atom stereocenters. The van der Waals surface area contributed by atoms with Crippen molar-refractivity contribution in [3.63, 3.8) is 0 Å². The Hall–Kier alpha value is -1.88. The molecule has 1 aromatic carbocycles. The molecule has 0 aliphatic heterocycles. The molecular formula is C12H12ClN3O2. The molecule has 94 valence electrons. The third kappa shape index (κ3) is 3.30. The second kappa shape index (κ2) is 5.64. The fourth-order valence-electron chi connectivity index (χ4n) is 1.41. The normalized spacial score (nSPS) is 10.3. The van der Waals surface area contributed by atoms with Crippen LogP contribution >= 0.6 is 11.6 Å². The van der Waals surface area contributed by atoms with Crippen LogP contribution in [0.5, 0.6) is 0 Å². The van der Waals surface area contributed by atoms with E-state index >= 15 is 0 Å². The van der Waals surface area contributed by atoms with Crippen molar-refractivity contribution >= 4 is 17.5 Å². The van der Waals surface area contributed by atoms with Crippen molar-refractivity contribution in [3.05, 3.63) is 35.2 Å². The van der Waals surface area contributed by atoms with Gasteiger partial charge in [-0.25, -0.2) is 0 Å².